The van der Waals surface area contributed by atoms with Gasteiger partial charge in [0, 0.05) is 18.7 Å². The van der Waals surface area contributed by atoms with Gasteiger partial charge in [0.15, 0.2) is 24.0 Å². The molecule has 0 amide bonds. The molecule has 1 aliphatic rings. The van der Waals surface area contributed by atoms with Crippen LogP contribution < -0.4 is 0 Å². The molecule has 0 saturated carbocycles. The van der Waals surface area contributed by atoms with Crippen LogP contribution in [0.4, 0.5) is 8.78 Å². The molecule has 1 aliphatic heterocycles. The van der Waals surface area contributed by atoms with Gasteiger partial charge in [-0.15, -0.1) is 0 Å². The molecular weight excluding hydrogens is 479 g/mol. The van der Waals surface area contributed by atoms with Crippen molar-refractivity contribution in [3.05, 3.63) is 63.1 Å². The number of carbonyl (C=O) groups is 2. The van der Waals surface area contributed by atoms with Crippen molar-refractivity contribution in [1.82, 2.24) is 4.31 Å². The fourth-order valence-corrected chi connectivity index (χ4v) is 5.00. The molecule has 0 aliphatic carbocycles. The molecular formula is C19H15Cl2F2NO6S. The lowest BCUT2D eigenvalue weighted by Gasteiger charge is -2.26. The largest absolute Gasteiger partial charge is 0.454 e. The average Bonchev–Trinajstić information content (AvgIpc) is 2.74. The highest BCUT2D eigenvalue weighted by molar-refractivity contribution is 7.89. The number of carbonyl (C=O) groups excluding carboxylic acids is 2. The minimum absolute atomic E-state index is 0.115. The Bertz CT molecular complexity index is 1140. The maximum Gasteiger partial charge on any atom is 0.340 e. The number of esters is 1. The SMILES string of the molecule is O=C(COC(=O)c1cc(S(=O)(=O)N2CCOCC2)c(Cl)cc1Cl)c1ccc(F)c(F)c1. The van der Waals surface area contributed by atoms with Crippen molar-refractivity contribution in [3.8, 4) is 0 Å². The Morgan fingerprint density at radius 3 is 2.35 bits per heavy atom. The monoisotopic (exact) mass is 493 g/mol. The van der Waals surface area contributed by atoms with Crippen molar-refractivity contribution in [1.29, 1.82) is 0 Å². The maximum atomic E-state index is 13.3. The number of ether oxygens (including phenoxy) is 2. The third kappa shape index (κ3) is 5.21. The molecule has 0 aromatic heterocycles. The van der Waals surface area contributed by atoms with E-state index >= 15 is 0 Å². The molecule has 0 radical (unpaired) electrons. The summed E-state index contributed by atoms with van der Waals surface area (Å²) in [5.74, 6) is -4.24. The number of halogens is 4. The molecule has 3 rings (SSSR count). The van der Waals surface area contributed by atoms with E-state index in [0.717, 1.165) is 28.6 Å². The van der Waals surface area contributed by atoms with Crippen LogP contribution in [0.15, 0.2) is 35.2 Å². The lowest BCUT2D eigenvalue weighted by molar-refractivity contribution is 0.0474. The van der Waals surface area contributed by atoms with E-state index in [1.54, 1.807) is 0 Å². The zero-order chi connectivity index (χ0) is 22.8. The summed E-state index contributed by atoms with van der Waals surface area (Å²) in [6.45, 7) is -0.140. The summed E-state index contributed by atoms with van der Waals surface area (Å²) >= 11 is 12.1. The number of morpholine rings is 1. The molecule has 1 heterocycles. The van der Waals surface area contributed by atoms with E-state index in [1.807, 2.05) is 0 Å². The summed E-state index contributed by atoms with van der Waals surface area (Å²) in [5, 5.41) is -0.373. The molecule has 1 saturated heterocycles. The predicted molar refractivity (Wildman–Crippen MR) is 107 cm³/mol. The first-order chi connectivity index (χ1) is 14.6. The molecule has 12 heteroatoms. The smallest absolute Gasteiger partial charge is 0.340 e. The van der Waals surface area contributed by atoms with Gasteiger partial charge in [-0.05, 0) is 30.3 Å². The van der Waals surface area contributed by atoms with Crippen molar-refractivity contribution in [3.63, 3.8) is 0 Å². The van der Waals surface area contributed by atoms with Gasteiger partial charge in [-0.3, -0.25) is 4.79 Å². The van der Waals surface area contributed by atoms with Gasteiger partial charge >= 0.3 is 5.97 Å². The predicted octanol–water partition coefficient (Wildman–Crippen LogP) is 3.33. The molecule has 1 fully saturated rings. The van der Waals surface area contributed by atoms with Crippen molar-refractivity contribution in [2.45, 2.75) is 4.90 Å². The van der Waals surface area contributed by atoms with Crippen LogP contribution in [0.25, 0.3) is 0 Å². The second-order valence-corrected chi connectivity index (χ2v) is 9.13. The van der Waals surface area contributed by atoms with Gasteiger partial charge in [-0.2, -0.15) is 4.31 Å². The topological polar surface area (TPSA) is 90.0 Å². The zero-order valence-corrected chi connectivity index (χ0v) is 18.1. The highest BCUT2D eigenvalue weighted by Gasteiger charge is 2.30. The Kier molecular flexibility index (Phi) is 7.28. The molecule has 0 atom stereocenters. The maximum absolute atomic E-state index is 13.3. The fraction of sp³-hybridized carbons (Fsp3) is 0.263. The number of nitrogens with zero attached hydrogens (tertiary/aromatic N) is 1. The van der Waals surface area contributed by atoms with Crippen LogP contribution >= 0.6 is 23.2 Å². The van der Waals surface area contributed by atoms with Crippen molar-refractivity contribution < 1.29 is 36.3 Å². The standard InChI is InChI=1S/C19H15Cl2F2NO6S/c20-13-9-14(21)18(31(27,28)24-3-5-29-6-4-24)8-12(13)19(26)30-10-17(25)11-1-2-15(22)16(23)7-11/h1-2,7-9H,3-6,10H2. The van der Waals surface area contributed by atoms with Crippen LogP contribution in [0.5, 0.6) is 0 Å². The first-order valence-corrected chi connectivity index (χ1v) is 11.0. The van der Waals surface area contributed by atoms with E-state index in [9.17, 15) is 26.8 Å². The first kappa shape index (κ1) is 23.6. The summed E-state index contributed by atoms with van der Waals surface area (Å²) in [6, 6.07) is 4.54. The van der Waals surface area contributed by atoms with Gasteiger partial charge in [0.05, 0.1) is 28.8 Å². The van der Waals surface area contributed by atoms with Crippen LogP contribution in [0.1, 0.15) is 20.7 Å². The van der Waals surface area contributed by atoms with E-state index in [1.165, 1.54) is 0 Å². The first-order valence-electron chi connectivity index (χ1n) is 8.83. The lowest BCUT2D eigenvalue weighted by atomic mass is 10.1. The minimum Gasteiger partial charge on any atom is -0.454 e. The second kappa shape index (κ2) is 9.58. The number of Topliss-reactive ketones (excluding diaryl/α,β-unsaturated/α-hetero) is 1. The van der Waals surface area contributed by atoms with Crippen molar-refractivity contribution in [2.24, 2.45) is 0 Å². The number of rotatable bonds is 6. The van der Waals surface area contributed by atoms with Crippen LogP contribution in [0.2, 0.25) is 10.0 Å². The summed E-state index contributed by atoms with van der Waals surface area (Å²) in [5.41, 5.74) is -0.527. The normalized spacial score (nSPS) is 15.0. The summed E-state index contributed by atoms with van der Waals surface area (Å²) in [4.78, 5) is 24.2. The minimum atomic E-state index is -4.04. The molecule has 0 N–H and O–H groups in total. The van der Waals surface area contributed by atoms with E-state index in [0.29, 0.717) is 6.07 Å². The summed E-state index contributed by atoms with van der Waals surface area (Å²) in [6.07, 6.45) is 0. The van der Waals surface area contributed by atoms with Gasteiger partial charge in [-0.1, -0.05) is 23.2 Å². The van der Waals surface area contributed by atoms with Crippen molar-refractivity contribution in [2.75, 3.05) is 32.9 Å². The highest BCUT2D eigenvalue weighted by Crippen LogP contribution is 2.31. The number of benzene rings is 2. The Labute approximate surface area is 186 Å². The zero-order valence-electron chi connectivity index (χ0n) is 15.7. The van der Waals surface area contributed by atoms with Crippen LogP contribution in [0.3, 0.4) is 0 Å². The Morgan fingerprint density at radius 1 is 1.03 bits per heavy atom. The Balaban J connectivity index is 1.80. The highest BCUT2D eigenvalue weighted by atomic mass is 35.5. The molecule has 0 spiro atoms. The van der Waals surface area contributed by atoms with Crippen molar-refractivity contribution >= 4 is 45.0 Å². The molecule has 0 bridgehead atoms. The fourth-order valence-electron chi connectivity index (χ4n) is 2.77. The van der Waals surface area contributed by atoms with Crippen LogP contribution in [0, 0.1) is 11.6 Å². The van der Waals surface area contributed by atoms with Crippen LogP contribution in [-0.4, -0.2) is 57.4 Å². The second-order valence-electron chi connectivity index (χ2n) is 6.41. The Morgan fingerprint density at radius 2 is 1.71 bits per heavy atom. The number of sulfonamides is 1. The van der Waals surface area contributed by atoms with Gasteiger partial charge in [0.25, 0.3) is 0 Å². The molecule has 7 nitrogen and oxygen atoms in total. The van der Waals surface area contributed by atoms with E-state index in [-0.39, 0.29) is 52.4 Å². The number of hydrogen-bond acceptors (Lipinski definition) is 6. The van der Waals surface area contributed by atoms with Crippen LogP contribution in [-0.2, 0) is 19.5 Å². The molecule has 31 heavy (non-hydrogen) atoms. The van der Waals surface area contributed by atoms with E-state index in [2.05, 4.69) is 0 Å². The van der Waals surface area contributed by atoms with Gasteiger partial charge in [0.2, 0.25) is 10.0 Å². The van der Waals surface area contributed by atoms with Gasteiger partial charge < -0.3 is 9.47 Å². The molecule has 2 aromatic rings. The lowest BCUT2D eigenvalue weighted by Crippen LogP contribution is -2.40. The molecule has 166 valence electrons. The molecule has 0 unspecified atom stereocenters. The number of hydrogen-bond donors (Lipinski definition) is 0. The average molecular weight is 494 g/mol. The van der Waals surface area contributed by atoms with E-state index in [4.69, 9.17) is 32.7 Å². The third-order valence-corrected chi connectivity index (χ3v) is 7.08. The summed E-state index contributed by atoms with van der Waals surface area (Å²) < 4.78 is 63.2. The van der Waals surface area contributed by atoms with Gasteiger partial charge in [-0.25, -0.2) is 22.0 Å². The number of ketones is 1. The van der Waals surface area contributed by atoms with Gasteiger partial charge in [0.1, 0.15) is 4.90 Å². The third-order valence-electron chi connectivity index (χ3n) is 4.41. The molecule has 2 aromatic carbocycles. The van der Waals surface area contributed by atoms with E-state index < -0.39 is 40.0 Å². The Hall–Kier alpha value is -2.11. The summed E-state index contributed by atoms with van der Waals surface area (Å²) in [7, 11) is -4.04. The quantitative estimate of drug-likeness (QED) is 0.452.